The van der Waals surface area contributed by atoms with E-state index in [2.05, 4.69) is 9.72 Å². The fourth-order valence-electron chi connectivity index (χ4n) is 1.35. The maximum absolute atomic E-state index is 10.9. The van der Waals surface area contributed by atoms with Gasteiger partial charge in [0, 0.05) is 12.1 Å². The second kappa shape index (κ2) is 4.73. The summed E-state index contributed by atoms with van der Waals surface area (Å²) in [7, 11) is 2.82. The van der Waals surface area contributed by atoms with E-state index < -0.39 is 5.97 Å². The van der Waals surface area contributed by atoms with Gasteiger partial charge in [-0.25, -0.2) is 9.78 Å². The van der Waals surface area contributed by atoms with Crippen LogP contribution < -0.4 is 9.47 Å². The second-order valence-electron chi connectivity index (χ2n) is 3.19. The van der Waals surface area contributed by atoms with Gasteiger partial charge in [0.05, 0.1) is 14.2 Å². The second-order valence-corrected chi connectivity index (χ2v) is 3.19. The molecule has 0 spiro atoms. The fourth-order valence-corrected chi connectivity index (χ4v) is 1.35. The molecule has 6 heteroatoms. The van der Waals surface area contributed by atoms with Crippen LogP contribution in [0, 0.1) is 0 Å². The molecule has 0 aliphatic carbocycles. The van der Waals surface area contributed by atoms with E-state index in [9.17, 15) is 4.79 Å². The van der Waals surface area contributed by atoms with Gasteiger partial charge < -0.3 is 18.6 Å². The van der Waals surface area contributed by atoms with Gasteiger partial charge >= 0.3 is 5.97 Å². The van der Waals surface area contributed by atoms with E-state index in [0.717, 1.165) is 0 Å². The summed E-state index contributed by atoms with van der Waals surface area (Å²) in [5, 5.41) is 0. The zero-order valence-corrected chi connectivity index (χ0v) is 9.43. The Balaban J connectivity index is 2.25. The summed E-state index contributed by atoms with van der Waals surface area (Å²) in [6.45, 7) is -0.167. The molecule has 2 aromatic rings. The van der Waals surface area contributed by atoms with Gasteiger partial charge in [-0.15, -0.1) is 0 Å². The van der Waals surface area contributed by atoms with Gasteiger partial charge in [-0.2, -0.15) is 0 Å². The van der Waals surface area contributed by atoms with E-state index in [1.54, 1.807) is 12.1 Å². The molecule has 1 aromatic carbocycles. The number of carbonyl (C=O) groups is 1. The Morgan fingerprint density at radius 1 is 1.41 bits per heavy atom. The zero-order chi connectivity index (χ0) is 12.3. The van der Waals surface area contributed by atoms with Crippen LogP contribution in [-0.2, 0) is 9.53 Å². The number of carbonyl (C=O) groups excluding carboxylic acids is 1. The highest BCUT2D eigenvalue weighted by Crippen LogP contribution is 2.29. The van der Waals surface area contributed by atoms with Crippen LogP contribution in [0.3, 0.4) is 0 Å². The molecule has 0 aliphatic heterocycles. The lowest BCUT2D eigenvalue weighted by atomic mass is 10.3. The third kappa shape index (κ3) is 2.30. The van der Waals surface area contributed by atoms with E-state index >= 15 is 0 Å². The topological polar surface area (TPSA) is 70.8 Å². The molecule has 0 saturated carbocycles. The SMILES string of the molecule is COC(=O)COc1cc(OC)c2ncoc2c1. The highest BCUT2D eigenvalue weighted by molar-refractivity contribution is 5.81. The summed E-state index contributed by atoms with van der Waals surface area (Å²) >= 11 is 0. The molecule has 1 aromatic heterocycles. The smallest absolute Gasteiger partial charge is 0.343 e. The van der Waals surface area contributed by atoms with E-state index in [0.29, 0.717) is 22.6 Å². The molecule has 17 heavy (non-hydrogen) atoms. The summed E-state index contributed by atoms with van der Waals surface area (Å²) in [6.07, 6.45) is 1.32. The molecule has 0 bridgehead atoms. The predicted octanol–water partition coefficient (Wildman–Crippen LogP) is 1.39. The zero-order valence-electron chi connectivity index (χ0n) is 9.43. The quantitative estimate of drug-likeness (QED) is 0.748. The van der Waals surface area contributed by atoms with Gasteiger partial charge in [-0.05, 0) is 0 Å². The lowest BCUT2D eigenvalue weighted by Crippen LogP contribution is -2.12. The molecule has 0 aliphatic rings. The van der Waals surface area contributed by atoms with Gasteiger partial charge in [-0.3, -0.25) is 0 Å². The number of esters is 1. The minimum atomic E-state index is -0.457. The van der Waals surface area contributed by atoms with Gasteiger partial charge in [-0.1, -0.05) is 0 Å². The van der Waals surface area contributed by atoms with Crippen molar-refractivity contribution in [3.63, 3.8) is 0 Å². The van der Waals surface area contributed by atoms with Crippen LogP contribution in [0.4, 0.5) is 0 Å². The summed E-state index contributed by atoms with van der Waals surface area (Å²) in [6, 6.07) is 3.27. The van der Waals surface area contributed by atoms with Crippen molar-refractivity contribution >= 4 is 17.1 Å². The minimum absolute atomic E-state index is 0.167. The maximum Gasteiger partial charge on any atom is 0.343 e. The number of fused-ring (bicyclic) bond motifs is 1. The molecule has 1 heterocycles. The van der Waals surface area contributed by atoms with Crippen LogP contribution in [0.5, 0.6) is 11.5 Å². The monoisotopic (exact) mass is 237 g/mol. The Bertz CT molecular complexity index is 534. The first-order valence-electron chi connectivity index (χ1n) is 4.85. The number of hydrogen-bond donors (Lipinski definition) is 0. The third-order valence-corrected chi connectivity index (χ3v) is 2.18. The number of aromatic nitrogens is 1. The highest BCUT2D eigenvalue weighted by atomic mass is 16.6. The number of oxazole rings is 1. The molecule has 0 fully saturated rings. The normalized spacial score (nSPS) is 10.2. The van der Waals surface area contributed by atoms with Gasteiger partial charge in [0.2, 0.25) is 0 Å². The third-order valence-electron chi connectivity index (χ3n) is 2.18. The van der Waals surface area contributed by atoms with Crippen molar-refractivity contribution in [2.75, 3.05) is 20.8 Å². The Labute approximate surface area is 97.1 Å². The molecule has 0 amide bonds. The van der Waals surface area contributed by atoms with Crippen LogP contribution in [0.1, 0.15) is 0 Å². The van der Waals surface area contributed by atoms with Gasteiger partial charge in [0.15, 0.2) is 29.8 Å². The first-order valence-corrected chi connectivity index (χ1v) is 4.85. The molecule has 2 rings (SSSR count). The Morgan fingerprint density at radius 3 is 2.94 bits per heavy atom. The lowest BCUT2D eigenvalue weighted by molar-refractivity contribution is -0.142. The summed E-state index contributed by atoms with van der Waals surface area (Å²) in [5.74, 6) is 0.522. The lowest BCUT2D eigenvalue weighted by Gasteiger charge is -2.06. The number of hydrogen-bond acceptors (Lipinski definition) is 6. The summed E-state index contributed by atoms with van der Waals surface area (Å²) in [4.78, 5) is 14.9. The van der Waals surface area contributed by atoms with E-state index in [-0.39, 0.29) is 6.61 Å². The minimum Gasteiger partial charge on any atom is -0.494 e. The Hall–Kier alpha value is -2.24. The number of methoxy groups -OCH3 is 2. The van der Waals surface area contributed by atoms with E-state index in [1.165, 1.54) is 20.6 Å². The van der Waals surface area contributed by atoms with Gasteiger partial charge in [0.1, 0.15) is 5.75 Å². The molecule has 0 N–H and O–H groups in total. The number of nitrogens with zero attached hydrogens (tertiary/aromatic N) is 1. The summed E-state index contributed by atoms with van der Waals surface area (Å²) in [5.41, 5.74) is 1.14. The van der Waals surface area contributed by atoms with Crippen LogP contribution in [0.15, 0.2) is 22.9 Å². The molecule has 0 radical (unpaired) electrons. The standard InChI is InChI=1S/C11H11NO5/c1-14-8-3-7(16-5-10(13)15-2)4-9-11(8)12-6-17-9/h3-4,6H,5H2,1-2H3. The molecular formula is C11H11NO5. The van der Waals surface area contributed by atoms with Crippen molar-refractivity contribution in [3.05, 3.63) is 18.5 Å². The van der Waals surface area contributed by atoms with Crippen molar-refractivity contribution in [1.29, 1.82) is 0 Å². The fraction of sp³-hybridized carbons (Fsp3) is 0.273. The van der Waals surface area contributed by atoms with Crippen molar-refractivity contribution < 1.29 is 23.4 Å². The molecular weight excluding hydrogens is 226 g/mol. The van der Waals surface area contributed by atoms with Crippen molar-refractivity contribution in [1.82, 2.24) is 4.98 Å². The predicted molar refractivity (Wildman–Crippen MR) is 58.1 cm³/mol. The maximum atomic E-state index is 10.9. The van der Waals surface area contributed by atoms with E-state index in [4.69, 9.17) is 13.9 Å². The average molecular weight is 237 g/mol. The molecule has 0 atom stereocenters. The first kappa shape index (κ1) is 11.3. The highest BCUT2D eigenvalue weighted by Gasteiger charge is 2.10. The average Bonchev–Trinajstić information content (AvgIpc) is 2.82. The molecule has 0 unspecified atom stereocenters. The number of rotatable bonds is 4. The molecule has 90 valence electrons. The van der Waals surface area contributed by atoms with Crippen molar-refractivity contribution in [3.8, 4) is 11.5 Å². The van der Waals surface area contributed by atoms with Crippen molar-refractivity contribution in [2.24, 2.45) is 0 Å². The molecule has 0 saturated heterocycles. The van der Waals surface area contributed by atoms with E-state index in [1.807, 2.05) is 0 Å². The van der Waals surface area contributed by atoms with Gasteiger partial charge in [0.25, 0.3) is 0 Å². The van der Waals surface area contributed by atoms with Crippen LogP contribution >= 0.6 is 0 Å². The van der Waals surface area contributed by atoms with Crippen molar-refractivity contribution in [2.45, 2.75) is 0 Å². The number of benzene rings is 1. The first-order chi connectivity index (χ1) is 8.24. The Kier molecular flexibility index (Phi) is 3.13. The molecule has 6 nitrogen and oxygen atoms in total. The largest absolute Gasteiger partial charge is 0.494 e. The Morgan fingerprint density at radius 2 is 2.24 bits per heavy atom. The number of ether oxygens (including phenoxy) is 3. The van der Waals surface area contributed by atoms with Crippen LogP contribution in [0.2, 0.25) is 0 Å². The summed E-state index contributed by atoms with van der Waals surface area (Å²) < 4.78 is 20.0. The van der Waals surface area contributed by atoms with Crippen LogP contribution in [-0.4, -0.2) is 31.8 Å². The van der Waals surface area contributed by atoms with Crippen LogP contribution in [0.25, 0.3) is 11.1 Å².